The first-order valence-electron chi connectivity index (χ1n) is 3.99. The largest absolute Gasteiger partial charge is 0.330 e. The van der Waals surface area contributed by atoms with Crippen molar-refractivity contribution in [1.82, 2.24) is 4.98 Å². The van der Waals surface area contributed by atoms with Gasteiger partial charge in [0.05, 0.1) is 11.9 Å². The highest BCUT2D eigenvalue weighted by atomic mass is 19.1. The summed E-state index contributed by atoms with van der Waals surface area (Å²) in [6, 6.07) is 0.819. The van der Waals surface area contributed by atoms with Crippen molar-refractivity contribution in [2.45, 2.75) is 19.3 Å². The summed E-state index contributed by atoms with van der Waals surface area (Å²) < 4.78 is 25.7. The summed E-state index contributed by atoms with van der Waals surface area (Å²) in [7, 11) is 0. The van der Waals surface area contributed by atoms with Crippen LogP contribution in [-0.2, 0) is 5.41 Å². The number of hydrogen-bond acceptors (Lipinski definition) is 2. The lowest BCUT2D eigenvalue weighted by Crippen LogP contribution is -2.30. The standard InChI is InChI=1S/C9H12F2N2/c1-9(2,5-12)8-7(11)3-6(10)4-13-8/h3-4H,5,12H2,1-2H3. The van der Waals surface area contributed by atoms with E-state index in [1.807, 2.05) is 0 Å². The Morgan fingerprint density at radius 1 is 1.46 bits per heavy atom. The number of halogens is 2. The molecule has 0 fully saturated rings. The molecule has 1 rings (SSSR count). The number of pyridine rings is 1. The minimum absolute atomic E-state index is 0.205. The van der Waals surface area contributed by atoms with E-state index in [9.17, 15) is 8.78 Å². The molecule has 1 aromatic heterocycles. The van der Waals surface area contributed by atoms with Crippen LogP contribution in [0.4, 0.5) is 8.78 Å². The molecular formula is C9H12F2N2. The maximum Gasteiger partial charge on any atom is 0.148 e. The molecule has 0 aliphatic carbocycles. The number of aromatic nitrogens is 1. The molecule has 0 saturated carbocycles. The first kappa shape index (κ1) is 10.1. The van der Waals surface area contributed by atoms with Crippen LogP contribution in [0.3, 0.4) is 0 Å². The zero-order valence-electron chi connectivity index (χ0n) is 7.64. The molecule has 0 amide bonds. The van der Waals surface area contributed by atoms with Gasteiger partial charge in [-0.25, -0.2) is 8.78 Å². The second-order valence-electron chi connectivity index (χ2n) is 3.57. The second kappa shape index (κ2) is 3.38. The van der Waals surface area contributed by atoms with Gasteiger partial charge in [-0.05, 0) is 0 Å². The molecule has 2 nitrogen and oxygen atoms in total. The molecule has 0 atom stereocenters. The van der Waals surface area contributed by atoms with Crippen LogP contribution in [0, 0.1) is 11.6 Å². The quantitative estimate of drug-likeness (QED) is 0.761. The van der Waals surface area contributed by atoms with Gasteiger partial charge in [-0.1, -0.05) is 13.8 Å². The first-order valence-corrected chi connectivity index (χ1v) is 3.99. The summed E-state index contributed by atoms with van der Waals surface area (Å²) in [5.41, 5.74) is 5.09. The van der Waals surface area contributed by atoms with Gasteiger partial charge in [0, 0.05) is 18.0 Å². The van der Waals surface area contributed by atoms with Crippen molar-refractivity contribution >= 4 is 0 Å². The molecule has 0 unspecified atom stereocenters. The molecule has 2 N–H and O–H groups in total. The zero-order valence-corrected chi connectivity index (χ0v) is 7.64. The van der Waals surface area contributed by atoms with Crippen molar-refractivity contribution in [3.8, 4) is 0 Å². The SMILES string of the molecule is CC(C)(CN)c1ncc(F)cc1F. The molecule has 4 heteroatoms. The van der Waals surface area contributed by atoms with Gasteiger partial charge < -0.3 is 5.73 Å². The second-order valence-corrected chi connectivity index (χ2v) is 3.57. The lowest BCUT2D eigenvalue weighted by Gasteiger charge is -2.21. The number of rotatable bonds is 2. The van der Waals surface area contributed by atoms with Gasteiger partial charge in [0.1, 0.15) is 11.6 Å². The van der Waals surface area contributed by atoms with Crippen LogP contribution in [0.2, 0.25) is 0 Å². The summed E-state index contributed by atoms with van der Waals surface area (Å²) in [4.78, 5) is 3.69. The van der Waals surface area contributed by atoms with Crippen molar-refractivity contribution in [1.29, 1.82) is 0 Å². The number of nitrogens with two attached hydrogens (primary N) is 1. The van der Waals surface area contributed by atoms with Crippen LogP contribution < -0.4 is 5.73 Å². The molecule has 72 valence electrons. The lowest BCUT2D eigenvalue weighted by atomic mass is 9.89. The van der Waals surface area contributed by atoms with E-state index < -0.39 is 17.0 Å². The normalized spacial score (nSPS) is 11.8. The van der Waals surface area contributed by atoms with Crippen molar-refractivity contribution in [2.24, 2.45) is 5.73 Å². The Labute approximate surface area is 75.8 Å². The van der Waals surface area contributed by atoms with Gasteiger partial charge >= 0.3 is 0 Å². The fourth-order valence-corrected chi connectivity index (χ4v) is 1.01. The highest BCUT2D eigenvalue weighted by Gasteiger charge is 2.24. The van der Waals surface area contributed by atoms with Crippen molar-refractivity contribution in [3.63, 3.8) is 0 Å². The molecule has 0 aliphatic rings. The van der Waals surface area contributed by atoms with E-state index in [2.05, 4.69) is 4.98 Å². The van der Waals surface area contributed by atoms with E-state index in [1.165, 1.54) is 0 Å². The lowest BCUT2D eigenvalue weighted by molar-refractivity contribution is 0.465. The van der Waals surface area contributed by atoms with Gasteiger partial charge in [-0.3, -0.25) is 4.98 Å². The Balaban J connectivity index is 3.16. The molecule has 1 heterocycles. The molecule has 0 spiro atoms. The summed E-state index contributed by atoms with van der Waals surface area (Å²) in [5.74, 6) is -1.32. The molecule has 1 aromatic rings. The monoisotopic (exact) mass is 186 g/mol. The maximum absolute atomic E-state index is 13.2. The van der Waals surface area contributed by atoms with E-state index in [4.69, 9.17) is 5.73 Å². The Morgan fingerprint density at radius 3 is 2.54 bits per heavy atom. The van der Waals surface area contributed by atoms with Gasteiger partial charge in [-0.15, -0.1) is 0 Å². The average Bonchev–Trinajstić information content (AvgIpc) is 2.03. The molecule has 0 aliphatic heterocycles. The van der Waals surface area contributed by atoms with Gasteiger partial charge in [0.25, 0.3) is 0 Å². The van der Waals surface area contributed by atoms with Crippen LogP contribution in [0.15, 0.2) is 12.3 Å². The zero-order chi connectivity index (χ0) is 10.1. The molecule has 0 radical (unpaired) electrons. The molecule has 0 bridgehead atoms. The first-order chi connectivity index (χ1) is 5.97. The van der Waals surface area contributed by atoms with E-state index in [0.29, 0.717) is 0 Å². The predicted molar refractivity (Wildman–Crippen MR) is 46.2 cm³/mol. The smallest absolute Gasteiger partial charge is 0.148 e. The predicted octanol–water partition coefficient (Wildman–Crippen LogP) is 1.60. The molecule has 0 saturated heterocycles. The fraction of sp³-hybridized carbons (Fsp3) is 0.444. The van der Waals surface area contributed by atoms with E-state index in [1.54, 1.807) is 13.8 Å². The summed E-state index contributed by atoms with van der Waals surface area (Å²) in [6.45, 7) is 3.79. The van der Waals surface area contributed by atoms with Crippen LogP contribution in [0.1, 0.15) is 19.5 Å². The third kappa shape index (κ3) is 2.01. The van der Waals surface area contributed by atoms with Gasteiger partial charge in [0.15, 0.2) is 0 Å². The Hall–Kier alpha value is -1.03. The minimum atomic E-state index is -0.672. The number of nitrogens with zero attached hydrogens (tertiary/aromatic N) is 1. The Morgan fingerprint density at radius 2 is 2.08 bits per heavy atom. The molecule has 13 heavy (non-hydrogen) atoms. The van der Waals surface area contributed by atoms with Crippen LogP contribution in [0.5, 0.6) is 0 Å². The fourth-order valence-electron chi connectivity index (χ4n) is 1.01. The van der Waals surface area contributed by atoms with Crippen LogP contribution in [-0.4, -0.2) is 11.5 Å². The van der Waals surface area contributed by atoms with Crippen molar-refractivity contribution in [2.75, 3.05) is 6.54 Å². The summed E-state index contributed by atoms with van der Waals surface area (Å²) in [5, 5.41) is 0. The Bertz CT molecular complexity index is 310. The summed E-state index contributed by atoms with van der Waals surface area (Å²) in [6.07, 6.45) is 0.996. The summed E-state index contributed by atoms with van der Waals surface area (Å²) >= 11 is 0. The highest BCUT2D eigenvalue weighted by molar-refractivity contribution is 5.17. The van der Waals surface area contributed by atoms with Gasteiger partial charge in [0.2, 0.25) is 0 Å². The third-order valence-corrected chi connectivity index (χ3v) is 1.96. The Kier molecular flexibility index (Phi) is 2.61. The molecular weight excluding hydrogens is 174 g/mol. The van der Waals surface area contributed by atoms with E-state index >= 15 is 0 Å². The van der Waals surface area contributed by atoms with Crippen LogP contribution >= 0.6 is 0 Å². The van der Waals surface area contributed by atoms with Crippen molar-refractivity contribution in [3.05, 3.63) is 29.6 Å². The van der Waals surface area contributed by atoms with Crippen LogP contribution in [0.25, 0.3) is 0 Å². The topological polar surface area (TPSA) is 38.9 Å². The number of hydrogen-bond donors (Lipinski definition) is 1. The van der Waals surface area contributed by atoms with E-state index in [-0.39, 0.29) is 12.2 Å². The van der Waals surface area contributed by atoms with Crippen molar-refractivity contribution < 1.29 is 8.78 Å². The minimum Gasteiger partial charge on any atom is -0.330 e. The average molecular weight is 186 g/mol. The maximum atomic E-state index is 13.2. The molecule has 0 aromatic carbocycles. The third-order valence-electron chi connectivity index (χ3n) is 1.96. The highest BCUT2D eigenvalue weighted by Crippen LogP contribution is 2.22. The van der Waals surface area contributed by atoms with Gasteiger partial charge in [-0.2, -0.15) is 0 Å². The van der Waals surface area contributed by atoms with E-state index in [0.717, 1.165) is 12.3 Å².